The van der Waals surface area contributed by atoms with Gasteiger partial charge < -0.3 is 24.1 Å². The van der Waals surface area contributed by atoms with Crippen LogP contribution in [0.25, 0.3) is 11.3 Å². The van der Waals surface area contributed by atoms with Gasteiger partial charge in [-0.1, -0.05) is 0 Å². The van der Waals surface area contributed by atoms with Gasteiger partial charge in [-0.15, -0.1) is 0 Å². The first-order valence-electron chi connectivity index (χ1n) is 8.09. The van der Waals surface area contributed by atoms with Gasteiger partial charge in [0.15, 0.2) is 11.5 Å². The first kappa shape index (κ1) is 16.4. The molecule has 0 saturated carbocycles. The summed E-state index contributed by atoms with van der Waals surface area (Å²) >= 11 is 0. The number of nitrogens with zero attached hydrogens (tertiary/aromatic N) is 3. The summed E-state index contributed by atoms with van der Waals surface area (Å²) in [7, 11) is 1.60. The lowest BCUT2D eigenvalue weighted by Crippen LogP contribution is -2.27. The van der Waals surface area contributed by atoms with Gasteiger partial charge in [0.2, 0.25) is 6.79 Å². The third kappa shape index (κ3) is 2.66. The van der Waals surface area contributed by atoms with E-state index >= 15 is 0 Å². The number of carboxylic acid groups (broad SMARTS) is 1. The molecule has 9 heteroatoms. The lowest BCUT2D eigenvalue weighted by atomic mass is 10.0. The van der Waals surface area contributed by atoms with E-state index in [0.717, 1.165) is 5.56 Å². The Hall–Kier alpha value is -3.07. The van der Waals surface area contributed by atoms with Crippen LogP contribution in [0.3, 0.4) is 0 Å². The van der Waals surface area contributed by atoms with Gasteiger partial charge in [-0.25, -0.2) is 14.8 Å². The molecule has 2 aliphatic rings. The van der Waals surface area contributed by atoms with Crippen molar-refractivity contribution in [1.29, 1.82) is 0 Å². The van der Waals surface area contributed by atoms with Crippen LogP contribution in [0.5, 0.6) is 17.2 Å². The fraction of sp³-hybridized carbons (Fsp3) is 0.353. The molecule has 2 aromatic rings. The standard InChI is InChI=1S/C17H17N3O6/c1-23-6-7-24-11-2-3-12-15(26-9-25-12)13(11)14-10-4-5-20(17(21)22)16(10)19-8-18-14/h2-3,8H,4-7,9H2,1H3,(H,21,22). The summed E-state index contributed by atoms with van der Waals surface area (Å²) in [6.07, 6.45) is 0.825. The summed E-state index contributed by atoms with van der Waals surface area (Å²) < 4.78 is 22.0. The number of methoxy groups -OCH3 is 1. The molecule has 9 nitrogen and oxygen atoms in total. The molecule has 1 aromatic carbocycles. The molecule has 0 fully saturated rings. The van der Waals surface area contributed by atoms with Gasteiger partial charge in [-0.2, -0.15) is 0 Å². The normalized spacial score (nSPS) is 14.4. The number of aromatic nitrogens is 2. The summed E-state index contributed by atoms with van der Waals surface area (Å²) in [5, 5.41) is 9.36. The number of fused-ring (bicyclic) bond motifs is 2. The van der Waals surface area contributed by atoms with E-state index in [9.17, 15) is 9.90 Å². The summed E-state index contributed by atoms with van der Waals surface area (Å²) in [4.78, 5) is 21.2. The van der Waals surface area contributed by atoms with Crippen molar-refractivity contribution in [3.05, 3.63) is 24.0 Å². The molecule has 2 aliphatic heterocycles. The first-order valence-corrected chi connectivity index (χ1v) is 8.09. The van der Waals surface area contributed by atoms with Gasteiger partial charge >= 0.3 is 6.09 Å². The molecule has 4 rings (SSSR count). The molecule has 136 valence electrons. The lowest BCUT2D eigenvalue weighted by Gasteiger charge is -2.16. The number of benzene rings is 1. The Morgan fingerprint density at radius 2 is 2.19 bits per heavy atom. The molecular formula is C17H17N3O6. The van der Waals surface area contributed by atoms with E-state index in [1.165, 1.54) is 11.2 Å². The number of ether oxygens (including phenoxy) is 4. The lowest BCUT2D eigenvalue weighted by molar-refractivity contribution is 0.146. The summed E-state index contributed by atoms with van der Waals surface area (Å²) in [6, 6.07) is 3.57. The van der Waals surface area contributed by atoms with Crippen molar-refractivity contribution in [2.24, 2.45) is 0 Å². The summed E-state index contributed by atoms with van der Waals surface area (Å²) in [5.74, 6) is 2.09. The zero-order valence-electron chi connectivity index (χ0n) is 14.1. The van der Waals surface area contributed by atoms with Crippen molar-refractivity contribution < 1.29 is 28.8 Å². The van der Waals surface area contributed by atoms with E-state index in [2.05, 4.69) is 9.97 Å². The molecule has 0 atom stereocenters. The molecule has 1 aromatic heterocycles. The van der Waals surface area contributed by atoms with E-state index in [0.29, 0.717) is 60.5 Å². The topological polar surface area (TPSA) is 103 Å². The van der Waals surface area contributed by atoms with E-state index in [-0.39, 0.29) is 6.79 Å². The predicted molar refractivity (Wildman–Crippen MR) is 90.0 cm³/mol. The summed E-state index contributed by atoms with van der Waals surface area (Å²) in [6.45, 7) is 1.24. The zero-order chi connectivity index (χ0) is 18.1. The van der Waals surface area contributed by atoms with Crippen molar-refractivity contribution >= 4 is 11.9 Å². The van der Waals surface area contributed by atoms with Gasteiger partial charge in [-0.05, 0) is 18.6 Å². The van der Waals surface area contributed by atoms with Crippen LogP contribution in [0.1, 0.15) is 5.56 Å². The van der Waals surface area contributed by atoms with Crippen LogP contribution < -0.4 is 19.1 Å². The minimum absolute atomic E-state index is 0.110. The smallest absolute Gasteiger partial charge is 0.413 e. The molecular weight excluding hydrogens is 342 g/mol. The number of hydrogen-bond acceptors (Lipinski definition) is 7. The van der Waals surface area contributed by atoms with Crippen LogP contribution in [0.15, 0.2) is 18.5 Å². The maximum Gasteiger partial charge on any atom is 0.413 e. The van der Waals surface area contributed by atoms with E-state index < -0.39 is 6.09 Å². The minimum atomic E-state index is -1.04. The largest absolute Gasteiger partial charge is 0.490 e. The Kier molecular flexibility index (Phi) is 4.21. The number of amides is 1. The highest BCUT2D eigenvalue weighted by atomic mass is 16.7. The maximum absolute atomic E-state index is 11.4. The predicted octanol–water partition coefficient (Wildman–Crippen LogP) is 1.94. The van der Waals surface area contributed by atoms with Gasteiger partial charge in [-0.3, -0.25) is 4.90 Å². The Morgan fingerprint density at radius 1 is 1.31 bits per heavy atom. The highest BCUT2D eigenvalue weighted by Crippen LogP contribution is 2.48. The quantitative estimate of drug-likeness (QED) is 0.808. The van der Waals surface area contributed by atoms with Crippen molar-refractivity contribution in [2.75, 3.05) is 38.6 Å². The molecule has 0 bridgehead atoms. The molecule has 1 amide bonds. The molecule has 0 spiro atoms. The zero-order valence-corrected chi connectivity index (χ0v) is 14.1. The molecule has 0 unspecified atom stereocenters. The minimum Gasteiger partial charge on any atom is -0.490 e. The first-order chi connectivity index (χ1) is 12.7. The Morgan fingerprint density at radius 3 is 3.00 bits per heavy atom. The Balaban J connectivity index is 1.83. The molecule has 0 aliphatic carbocycles. The third-order valence-corrected chi connectivity index (χ3v) is 4.28. The molecule has 0 radical (unpaired) electrons. The van der Waals surface area contributed by atoms with Crippen molar-refractivity contribution in [1.82, 2.24) is 9.97 Å². The van der Waals surface area contributed by atoms with Crippen molar-refractivity contribution in [2.45, 2.75) is 6.42 Å². The van der Waals surface area contributed by atoms with E-state index in [1.54, 1.807) is 19.2 Å². The highest BCUT2D eigenvalue weighted by molar-refractivity contribution is 5.91. The van der Waals surface area contributed by atoms with Crippen LogP contribution in [-0.2, 0) is 11.2 Å². The molecule has 0 saturated heterocycles. The van der Waals surface area contributed by atoms with Gasteiger partial charge in [0.1, 0.15) is 24.5 Å². The van der Waals surface area contributed by atoms with Crippen LogP contribution in [0.2, 0.25) is 0 Å². The van der Waals surface area contributed by atoms with Crippen molar-refractivity contribution in [3.8, 4) is 28.5 Å². The van der Waals surface area contributed by atoms with E-state index in [4.69, 9.17) is 18.9 Å². The Labute approximate surface area is 149 Å². The van der Waals surface area contributed by atoms with Gasteiger partial charge in [0.05, 0.1) is 17.9 Å². The van der Waals surface area contributed by atoms with E-state index in [1.807, 2.05) is 0 Å². The van der Waals surface area contributed by atoms with Crippen LogP contribution in [0.4, 0.5) is 10.6 Å². The fourth-order valence-electron chi connectivity index (χ4n) is 3.13. The molecule has 1 N–H and O–H groups in total. The average molecular weight is 359 g/mol. The van der Waals surface area contributed by atoms with Crippen molar-refractivity contribution in [3.63, 3.8) is 0 Å². The molecule has 26 heavy (non-hydrogen) atoms. The number of carbonyl (C=O) groups is 1. The highest BCUT2D eigenvalue weighted by Gasteiger charge is 2.32. The fourth-order valence-corrected chi connectivity index (χ4v) is 3.13. The third-order valence-electron chi connectivity index (χ3n) is 4.28. The number of anilines is 1. The SMILES string of the molecule is COCCOc1ccc2c(c1-c1ncnc3c1CCN3C(=O)O)OCO2. The second-order valence-electron chi connectivity index (χ2n) is 5.72. The second-order valence-corrected chi connectivity index (χ2v) is 5.72. The molecule has 3 heterocycles. The number of hydrogen-bond donors (Lipinski definition) is 1. The van der Waals surface area contributed by atoms with Crippen LogP contribution in [-0.4, -0.2) is 54.8 Å². The average Bonchev–Trinajstić information content (AvgIpc) is 3.28. The van der Waals surface area contributed by atoms with Gasteiger partial charge in [0, 0.05) is 19.2 Å². The summed E-state index contributed by atoms with van der Waals surface area (Å²) in [5.41, 5.74) is 1.98. The van der Waals surface area contributed by atoms with Crippen LogP contribution in [0, 0.1) is 0 Å². The second kappa shape index (κ2) is 6.68. The van der Waals surface area contributed by atoms with Gasteiger partial charge in [0.25, 0.3) is 0 Å². The maximum atomic E-state index is 11.4. The monoisotopic (exact) mass is 359 g/mol. The number of rotatable bonds is 5. The van der Waals surface area contributed by atoms with Crippen LogP contribution >= 0.6 is 0 Å². The Bertz CT molecular complexity index is 857.